The van der Waals surface area contributed by atoms with Gasteiger partial charge in [-0.1, -0.05) is 6.92 Å². The van der Waals surface area contributed by atoms with Gasteiger partial charge in [0, 0.05) is 38.8 Å². The van der Waals surface area contributed by atoms with Crippen LogP contribution in [0.2, 0.25) is 0 Å². The van der Waals surface area contributed by atoms with Crippen molar-refractivity contribution in [3.05, 3.63) is 33.9 Å². The lowest BCUT2D eigenvalue weighted by Gasteiger charge is -2.32. The van der Waals surface area contributed by atoms with E-state index >= 15 is 0 Å². The highest BCUT2D eigenvalue weighted by atomic mass is 16.6. The molecule has 1 aliphatic heterocycles. The van der Waals surface area contributed by atoms with Crippen LogP contribution in [0.15, 0.2) is 18.2 Å². The van der Waals surface area contributed by atoms with Gasteiger partial charge in [-0.25, -0.2) is 0 Å². The molecule has 0 unspecified atom stereocenters. The lowest BCUT2D eigenvalue weighted by atomic mass is 9.99. The molecule has 0 N–H and O–H groups in total. The smallest absolute Gasteiger partial charge is 0.293 e. The number of carbonyl (C=O) groups is 1. The molecule has 0 aromatic heterocycles. The van der Waals surface area contributed by atoms with E-state index in [9.17, 15) is 14.9 Å². The van der Waals surface area contributed by atoms with Crippen LogP contribution in [0.5, 0.6) is 0 Å². The van der Waals surface area contributed by atoms with E-state index in [1.54, 1.807) is 26.2 Å². The van der Waals surface area contributed by atoms with E-state index in [0.29, 0.717) is 17.2 Å². The first kappa shape index (κ1) is 15.3. The summed E-state index contributed by atoms with van der Waals surface area (Å²) in [6, 6.07) is 4.76. The van der Waals surface area contributed by atoms with E-state index in [-0.39, 0.29) is 11.6 Å². The summed E-state index contributed by atoms with van der Waals surface area (Å²) in [6.45, 7) is 3.80. The number of nitro benzene ring substituents is 1. The Morgan fingerprint density at radius 3 is 2.71 bits per heavy atom. The minimum absolute atomic E-state index is 0.0109. The molecule has 21 heavy (non-hydrogen) atoms. The minimum atomic E-state index is -0.402. The Morgan fingerprint density at radius 2 is 2.14 bits per heavy atom. The summed E-state index contributed by atoms with van der Waals surface area (Å²) in [4.78, 5) is 26.4. The number of carbonyl (C=O) groups excluding carboxylic acids is 1. The normalized spacial score (nSPS) is 18.4. The summed E-state index contributed by atoms with van der Waals surface area (Å²) in [7, 11) is 3.27. The first-order valence-corrected chi connectivity index (χ1v) is 7.15. The largest absolute Gasteiger partial charge is 0.366 e. The maximum atomic E-state index is 11.9. The van der Waals surface area contributed by atoms with E-state index in [1.165, 1.54) is 11.0 Å². The number of hydrogen-bond acceptors (Lipinski definition) is 4. The number of piperidine rings is 1. The molecule has 1 saturated heterocycles. The third kappa shape index (κ3) is 3.32. The average molecular weight is 291 g/mol. The molecule has 0 bridgehead atoms. The highest BCUT2D eigenvalue weighted by Crippen LogP contribution is 2.32. The molecule has 0 radical (unpaired) electrons. The summed E-state index contributed by atoms with van der Waals surface area (Å²) in [5.74, 6) is 0.304. The van der Waals surface area contributed by atoms with Crippen LogP contribution < -0.4 is 4.90 Å². The van der Waals surface area contributed by atoms with E-state index in [2.05, 4.69) is 11.8 Å². The van der Waals surface area contributed by atoms with Crippen molar-refractivity contribution in [2.45, 2.75) is 19.8 Å². The molecule has 1 atom stereocenters. The van der Waals surface area contributed by atoms with Crippen LogP contribution in [0.4, 0.5) is 11.4 Å². The van der Waals surface area contributed by atoms with Crippen molar-refractivity contribution in [1.29, 1.82) is 0 Å². The number of anilines is 1. The maximum Gasteiger partial charge on any atom is 0.293 e. The van der Waals surface area contributed by atoms with Crippen LogP contribution in [0.3, 0.4) is 0 Å². The second kappa shape index (κ2) is 6.11. The van der Waals surface area contributed by atoms with E-state index < -0.39 is 4.92 Å². The van der Waals surface area contributed by atoms with Gasteiger partial charge in [0.05, 0.1) is 4.92 Å². The molecule has 0 saturated carbocycles. The predicted molar refractivity (Wildman–Crippen MR) is 81.7 cm³/mol. The second-order valence-corrected chi connectivity index (χ2v) is 5.85. The quantitative estimate of drug-likeness (QED) is 0.634. The molecule has 1 aromatic carbocycles. The van der Waals surface area contributed by atoms with Gasteiger partial charge in [-0.3, -0.25) is 14.9 Å². The molecule has 0 aliphatic carbocycles. The number of nitro groups is 1. The summed E-state index contributed by atoms with van der Waals surface area (Å²) in [6.07, 6.45) is 2.19. The molecule has 1 aliphatic rings. The van der Waals surface area contributed by atoms with Crippen molar-refractivity contribution in [2.75, 3.05) is 32.1 Å². The number of nitrogens with zero attached hydrogens (tertiary/aromatic N) is 3. The fourth-order valence-corrected chi connectivity index (χ4v) is 2.74. The highest BCUT2D eigenvalue weighted by Gasteiger charge is 2.25. The molecular formula is C15H21N3O3. The van der Waals surface area contributed by atoms with Crippen molar-refractivity contribution in [3.8, 4) is 0 Å². The average Bonchev–Trinajstić information content (AvgIpc) is 2.45. The Labute approximate surface area is 124 Å². The molecule has 6 heteroatoms. The zero-order valence-electron chi connectivity index (χ0n) is 12.7. The van der Waals surface area contributed by atoms with Gasteiger partial charge in [-0.05, 0) is 30.9 Å². The highest BCUT2D eigenvalue weighted by molar-refractivity contribution is 5.95. The topological polar surface area (TPSA) is 66.7 Å². The maximum absolute atomic E-state index is 11.9. The van der Waals surface area contributed by atoms with Gasteiger partial charge in [-0.15, -0.1) is 0 Å². The summed E-state index contributed by atoms with van der Waals surface area (Å²) >= 11 is 0. The lowest BCUT2D eigenvalue weighted by Crippen LogP contribution is -2.34. The van der Waals surface area contributed by atoms with Crippen molar-refractivity contribution in [3.63, 3.8) is 0 Å². The van der Waals surface area contributed by atoms with Gasteiger partial charge in [-0.2, -0.15) is 0 Å². The Morgan fingerprint density at radius 1 is 1.43 bits per heavy atom. The molecule has 2 rings (SSSR count). The molecular weight excluding hydrogens is 270 g/mol. The number of amides is 1. The van der Waals surface area contributed by atoms with Gasteiger partial charge < -0.3 is 9.80 Å². The molecule has 0 spiro atoms. The molecule has 1 fully saturated rings. The van der Waals surface area contributed by atoms with Gasteiger partial charge in [0.15, 0.2) is 0 Å². The SMILES string of the molecule is C[C@@H]1CCCN(c2ccc(C(=O)N(C)C)cc2[N+](=O)[O-])C1. The standard InChI is InChI=1S/C15H21N3O3/c1-11-5-4-8-17(10-11)13-7-6-12(15(19)16(2)3)9-14(13)18(20)21/h6-7,9,11H,4-5,8,10H2,1-3H3/t11-/m1/s1. The Kier molecular flexibility index (Phi) is 4.45. The van der Waals surface area contributed by atoms with Crippen molar-refractivity contribution in [1.82, 2.24) is 4.90 Å². The zero-order valence-corrected chi connectivity index (χ0v) is 12.7. The minimum Gasteiger partial charge on any atom is -0.366 e. The summed E-state index contributed by atoms with van der Waals surface area (Å²) in [5.41, 5.74) is 0.971. The fourth-order valence-electron chi connectivity index (χ4n) is 2.74. The first-order chi connectivity index (χ1) is 9.90. The van der Waals surface area contributed by atoms with Crippen molar-refractivity contribution in [2.24, 2.45) is 5.92 Å². The molecule has 1 amide bonds. The Bertz CT molecular complexity index is 557. The molecule has 6 nitrogen and oxygen atoms in total. The molecule has 114 valence electrons. The number of hydrogen-bond donors (Lipinski definition) is 0. The van der Waals surface area contributed by atoms with Crippen LogP contribution in [0.1, 0.15) is 30.1 Å². The van der Waals surface area contributed by atoms with Gasteiger partial charge in [0.25, 0.3) is 11.6 Å². The van der Waals surface area contributed by atoms with Crippen LogP contribution in [-0.2, 0) is 0 Å². The Balaban J connectivity index is 2.38. The number of benzene rings is 1. The van der Waals surface area contributed by atoms with Crippen LogP contribution in [0.25, 0.3) is 0 Å². The van der Waals surface area contributed by atoms with Crippen molar-refractivity contribution < 1.29 is 9.72 Å². The van der Waals surface area contributed by atoms with Gasteiger partial charge in [0.1, 0.15) is 5.69 Å². The second-order valence-electron chi connectivity index (χ2n) is 5.85. The Hall–Kier alpha value is -2.11. The van der Waals surface area contributed by atoms with Crippen LogP contribution in [-0.4, -0.2) is 42.9 Å². The van der Waals surface area contributed by atoms with E-state index in [4.69, 9.17) is 0 Å². The molecule has 1 aromatic rings. The third-order valence-corrected chi connectivity index (χ3v) is 3.82. The molecule has 1 heterocycles. The monoisotopic (exact) mass is 291 g/mol. The summed E-state index contributed by atoms with van der Waals surface area (Å²) < 4.78 is 0. The van der Waals surface area contributed by atoms with Gasteiger partial charge in [0.2, 0.25) is 0 Å². The van der Waals surface area contributed by atoms with Crippen LogP contribution in [0, 0.1) is 16.0 Å². The lowest BCUT2D eigenvalue weighted by molar-refractivity contribution is -0.384. The van der Waals surface area contributed by atoms with E-state index in [0.717, 1.165) is 25.9 Å². The van der Waals surface area contributed by atoms with Crippen LogP contribution >= 0.6 is 0 Å². The summed E-state index contributed by atoms with van der Waals surface area (Å²) in [5, 5.41) is 11.3. The number of rotatable bonds is 3. The third-order valence-electron chi connectivity index (χ3n) is 3.82. The predicted octanol–water partition coefficient (Wildman–Crippen LogP) is 2.53. The van der Waals surface area contributed by atoms with Gasteiger partial charge >= 0.3 is 0 Å². The first-order valence-electron chi connectivity index (χ1n) is 7.15. The van der Waals surface area contributed by atoms with E-state index in [1.807, 2.05) is 0 Å². The zero-order chi connectivity index (χ0) is 15.6. The van der Waals surface area contributed by atoms with Crippen molar-refractivity contribution >= 4 is 17.3 Å². The fraction of sp³-hybridized carbons (Fsp3) is 0.533.